The van der Waals surface area contributed by atoms with Gasteiger partial charge in [-0.2, -0.15) is 15.8 Å². The van der Waals surface area contributed by atoms with Crippen molar-refractivity contribution in [3.63, 3.8) is 0 Å². The first-order valence-electron chi connectivity index (χ1n) is 8.93. The molecule has 0 radical (unpaired) electrons. The summed E-state index contributed by atoms with van der Waals surface area (Å²) in [5.41, 5.74) is 6.26. The molecular weight excluding hydrogens is 341 g/mol. The Labute approximate surface area is 158 Å². The highest BCUT2D eigenvalue weighted by atomic mass is 19.1. The van der Waals surface area contributed by atoms with Crippen molar-refractivity contribution in [2.45, 2.75) is 19.3 Å². The number of nitrogens with zero attached hydrogens (tertiary/aromatic N) is 4. The molecule has 0 aromatic heterocycles. The van der Waals surface area contributed by atoms with Crippen molar-refractivity contribution < 1.29 is 4.39 Å². The highest BCUT2D eigenvalue weighted by Crippen LogP contribution is 2.54. The Hall–Kier alpha value is -3.14. The molecule has 1 aliphatic heterocycles. The second-order valence-electron chi connectivity index (χ2n) is 6.99. The van der Waals surface area contributed by atoms with E-state index in [1.807, 2.05) is 6.08 Å². The van der Waals surface area contributed by atoms with Gasteiger partial charge in [0.25, 0.3) is 0 Å². The summed E-state index contributed by atoms with van der Waals surface area (Å²) < 4.78 is 13.5. The van der Waals surface area contributed by atoms with Crippen LogP contribution in [0.2, 0.25) is 0 Å². The number of fused-ring (bicyclic) bond motifs is 1. The van der Waals surface area contributed by atoms with Crippen LogP contribution < -0.4 is 5.73 Å². The molecule has 1 aliphatic carbocycles. The van der Waals surface area contributed by atoms with Crippen molar-refractivity contribution in [1.82, 2.24) is 4.90 Å². The van der Waals surface area contributed by atoms with E-state index in [0.717, 1.165) is 18.5 Å². The van der Waals surface area contributed by atoms with Crippen molar-refractivity contribution in [3.05, 3.63) is 58.6 Å². The van der Waals surface area contributed by atoms with E-state index in [0.29, 0.717) is 18.7 Å². The SMILES string of the molecule is CCCN1CC=C2C(C#N)=C(N)C(C#N)(C#N)C(c3ccc(F)cc3)C2C1. The molecule has 1 aromatic rings. The molecule has 27 heavy (non-hydrogen) atoms. The van der Waals surface area contributed by atoms with Crippen molar-refractivity contribution in [3.8, 4) is 18.2 Å². The Morgan fingerprint density at radius 1 is 1.22 bits per heavy atom. The summed E-state index contributed by atoms with van der Waals surface area (Å²) in [7, 11) is 0. The monoisotopic (exact) mass is 361 g/mol. The van der Waals surface area contributed by atoms with E-state index in [2.05, 4.69) is 30.0 Å². The number of benzene rings is 1. The minimum Gasteiger partial charge on any atom is -0.399 e. The molecule has 0 saturated carbocycles. The van der Waals surface area contributed by atoms with Crippen molar-refractivity contribution >= 4 is 0 Å². The number of allylic oxidation sites excluding steroid dienone is 2. The minimum absolute atomic E-state index is 0.00392. The molecule has 0 bridgehead atoms. The largest absolute Gasteiger partial charge is 0.399 e. The van der Waals surface area contributed by atoms with E-state index in [9.17, 15) is 20.2 Å². The van der Waals surface area contributed by atoms with Crippen LogP contribution in [0.4, 0.5) is 4.39 Å². The maximum absolute atomic E-state index is 13.5. The van der Waals surface area contributed by atoms with Crippen LogP contribution in [0.15, 0.2) is 47.2 Å². The van der Waals surface area contributed by atoms with Gasteiger partial charge in [0.1, 0.15) is 11.9 Å². The van der Waals surface area contributed by atoms with Crippen LogP contribution in [0.5, 0.6) is 0 Å². The van der Waals surface area contributed by atoms with Crippen molar-refractivity contribution in [1.29, 1.82) is 15.8 Å². The first-order chi connectivity index (χ1) is 13.0. The van der Waals surface area contributed by atoms with Gasteiger partial charge in [-0.05, 0) is 36.2 Å². The van der Waals surface area contributed by atoms with Crippen molar-refractivity contribution in [2.75, 3.05) is 19.6 Å². The molecule has 6 heteroatoms. The van der Waals surface area contributed by atoms with Crippen LogP contribution in [0.1, 0.15) is 24.8 Å². The van der Waals surface area contributed by atoms with Gasteiger partial charge in [0.05, 0.1) is 23.4 Å². The average Bonchev–Trinajstić information content (AvgIpc) is 2.68. The number of nitrogens with two attached hydrogens (primary N) is 1. The molecule has 2 unspecified atom stereocenters. The fourth-order valence-electron chi connectivity index (χ4n) is 4.28. The lowest BCUT2D eigenvalue weighted by Crippen LogP contribution is -2.48. The number of nitriles is 3. The topological polar surface area (TPSA) is 101 Å². The molecular formula is C21H20FN5. The second kappa shape index (κ2) is 7.23. The third-order valence-electron chi connectivity index (χ3n) is 5.51. The summed E-state index contributed by atoms with van der Waals surface area (Å²) in [4.78, 5) is 2.24. The number of halogens is 1. The lowest BCUT2D eigenvalue weighted by atomic mass is 9.58. The Morgan fingerprint density at radius 3 is 2.44 bits per heavy atom. The minimum atomic E-state index is -1.67. The quantitative estimate of drug-likeness (QED) is 0.892. The van der Waals surface area contributed by atoms with Gasteiger partial charge >= 0.3 is 0 Å². The molecule has 2 aliphatic rings. The highest BCUT2D eigenvalue weighted by molar-refractivity contribution is 5.59. The predicted octanol–water partition coefficient (Wildman–Crippen LogP) is 2.96. The van der Waals surface area contributed by atoms with Crippen LogP contribution >= 0.6 is 0 Å². The van der Waals surface area contributed by atoms with Gasteiger partial charge in [-0.15, -0.1) is 0 Å². The van der Waals surface area contributed by atoms with E-state index in [4.69, 9.17) is 5.73 Å². The average molecular weight is 361 g/mol. The third kappa shape index (κ3) is 2.87. The molecule has 3 rings (SSSR count). The first kappa shape index (κ1) is 18.6. The molecule has 0 saturated heterocycles. The third-order valence-corrected chi connectivity index (χ3v) is 5.51. The highest BCUT2D eigenvalue weighted by Gasteiger charge is 2.54. The van der Waals surface area contributed by atoms with E-state index in [1.165, 1.54) is 12.1 Å². The molecule has 2 N–H and O–H groups in total. The smallest absolute Gasteiger partial charge is 0.191 e. The maximum Gasteiger partial charge on any atom is 0.191 e. The van der Waals surface area contributed by atoms with Gasteiger partial charge < -0.3 is 5.73 Å². The summed E-state index contributed by atoms with van der Waals surface area (Å²) >= 11 is 0. The van der Waals surface area contributed by atoms with Gasteiger partial charge in [-0.3, -0.25) is 4.90 Å². The molecule has 0 amide bonds. The molecule has 136 valence electrons. The number of hydrogen-bond donors (Lipinski definition) is 1. The summed E-state index contributed by atoms with van der Waals surface area (Å²) in [6.45, 7) is 4.28. The number of rotatable bonds is 3. The van der Waals surface area contributed by atoms with Gasteiger partial charge in [0.2, 0.25) is 0 Å². The molecule has 1 heterocycles. The van der Waals surface area contributed by atoms with E-state index >= 15 is 0 Å². The van der Waals surface area contributed by atoms with Crippen molar-refractivity contribution in [2.24, 2.45) is 17.1 Å². The fourth-order valence-corrected chi connectivity index (χ4v) is 4.28. The van der Waals surface area contributed by atoms with E-state index in [1.54, 1.807) is 12.1 Å². The standard InChI is InChI=1S/C21H20FN5/c1-2-8-27-9-7-16-17(10-23)20(26)21(12-24,13-25)19(18(16)11-27)14-3-5-15(22)6-4-14/h3-7,18-19H,2,8-9,11,26H2,1H3. The molecule has 2 atom stereocenters. The summed E-state index contributed by atoms with van der Waals surface area (Å²) in [5.74, 6) is -1.20. The molecule has 5 nitrogen and oxygen atoms in total. The predicted molar refractivity (Wildman–Crippen MR) is 97.9 cm³/mol. The Kier molecular flexibility index (Phi) is 5.00. The zero-order chi connectivity index (χ0) is 19.6. The second-order valence-corrected chi connectivity index (χ2v) is 6.99. The Balaban J connectivity index is 2.25. The van der Waals surface area contributed by atoms with E-state index in [-0.39, 0.29) is 23.0 Å². The van der Waals surface area contributed by atoms with Crippen LogP contribution in [0.3, 0.4) is 0 Å². The summed E-state index contributed by atoms with van der Waals surface area (Å²) in [6.07, 6.45) is 2.95. The number of hydrogen-bond acceptors (Lipinski definition) is 5. The van der Waals surface area contributed by atoms with E-state index < -0.39 is 11.3 Å². The zero-order valence-corrected chi connectivity index (χ0v) is 15.1. The lowest BCUT2D eigenvalue weighted by molar-refractivity contribution is 0.207. The lowest BCUT2D eigenvalue weighted by Gasteiger charge is -2.45. The zero-order valence-electron chi connectivity index (χ0n) is 15.1. The molecule has 0 spiro atoms. The van der Waals surface area contributed by atoms with Crippen LogP contribution in [-0.2, 0) is 0 Å². The maximum atomic E-state index is 13.5. The Bertz CT molecular complexity index is 909. The van der Waals surface area contributed by atoms with Gasteiger partial charge in [0.15, 0.2) is 5.41 Å². The van der Waals surface area contributed by atoms with Crippen LogP contribution in [0.25, 0.3) is 0 Å². The molecule has 1 aromatic carbocycles. The Morgan fingerprint density at radius 2 is 1.89 bits per heavy atom. The molecule has 0 fully saturated rings. The van der Waals surface area contributed by atoms with Gasteiger partial charge in [-0.25, -0.2) is 4.39 Å². The van der Waals surface area contributed by atoms with Crippen LogP contribution in [0, 0.1) is 51.1 Å². The normalized spacial score (nSPS) is 24.2. The van der Waals surface area contributed by atoms with Crippen LogP contribution in [-0.4, -0.2) is 24.5 Å². The summed E-state index contributed by atoms with van der Waals surface area (Å²) in [5, 5.41) is 29.6. The summed E-state index contributed by atoms with van der Waals surface area (Å²) in [6, 6.07) is 12.1. The van der Waals surface area contributed by atoms with Gasteiger partial charge in [0, 0.05) is 24.9 Å². The van der Waals surface area contributed by atoms with Gasteiger partial charge in [-0.1, -0.05) is 25.1 Å². The fraction of sp³-hybridized carbons (Fsp3) is 0.381. The first-order valence-corrected chi connectivity index (χ1v) is 8.93.